The highest BCUT2D eigenvalue weighted by molar-refractivity contribution is 6.05. The molecule has 3 rings (SSSR count). The normalized spacial score (nSPS) is 12.1. The molecule has 2 aromatic carbocycles. The Morgan fingerprint density at radius 1 is 0.867 bits per heavy atom. The molecule has 0 spiro atoms. The van der Waals surface area contributed by atoms with Crippen LogP contribution in [0.25, 0.3) is 10.9 Å². The van der Waals surface area contributed by atoms with E-state index in [2.05, 4.69) is 15.6 Å². The molecule has 12 heteroatoms. The van der Waals surface area contributed by atoms with Gasteiger partial charge in [0.15, 0.2) is 11.2 Å². The van der Waals surface area contributed by atoms with Crippen LogP contribution in [0.1, 0.15) is 51.3 Å². The molecule has 0 fully saturated rings. The number of H-pyrrole nitrogens is 1. The predicted molar refractivity (Wildman–Crippen MR) is 165 cm³/mol. The number of alkyl carbamates (subject to hydrolysis) is 2. The number of aromatic amines is 1. The van der Waals surface area contributed by atoms with Crippen LogP contribution in [-0.4, -0.2) is 67.3 Å². The number of hydrogen-bond donors (Lipinski definition) is 3. The summed E-state index contributed by atoms with van der Waals surface area (Å²) in [6.45, 7) is 5.24. The van der Waals surface area contributed by atoms with E-state index in [1.165, 1.54) is 0 Å². The van der Waals surface area contributed by atoms with Crippen molar-refractivity contribution in [2.24, 2.45) is 5.41 Å². The largest absolute Gasteiger partial charge is 0.468 e. The van der Waals surface area contributed by atoms with Gasteiger partial charge in [-0.1, -0.05) is 48.5 Å². The highest BCUT2D eigenvalue weighted by atomic mass is 16.6. The summed E-state index contributed by atoms with van der Waals surface area (Å²) < 4.78 is 20.6. The van der Waals surface area contributed by atoms with Gasteiger partial charge in [-0.05, 0) is 56.7 Å². The van der Waals surface area contributed by atoms with Crippen molar-refractivity contribution in [1.82, 2.24) is 15.6 Å². The van der Waals surface area contributed by atoms with E-state index in [0.717, 1.165) is 30.7 Å². The van der Waals surface area contributed by atoms with Gasteiger partial charge in [-0.15, -0.1) is 0 Å². The molecule has 1 heterocycles. The van der Waals surface area contributed by atoms with E-state index in [1.807, 2.05) is 54.6 Å². The van der Waals surface area contributed by atoms with Crippen molar-refractivity contribution in [3.63, 3.8) is 0 Å². The van der Waals surface area contributed by atoms with Crippen LogP contribution < -0.4 is 10.6 Å². The van der Waals surface area contributed by atoms with Gasteiger partial charge in [0, 0.05) is 30.6 Å². The number of esters is 2. The average Bonchev–Trinajstić information content (AvgIpc) is 3.42. The van der Waals surface area contributed by atoms with Gasteiger partial charge in [-0.3, -0.25) is 14.4 Å². The van der Waals surface area contributed by atoms with Crippen molar-refractivity contribution >= 4 is 40.8 Å². The van der Waals surface area contributed by atoms with Gasteiger partial charge in [-0.25, -0.2) is 9.59 Å². The van der Waals surface area contributed by atoms with Gasteiger partial charge in [0.25, 0.3) is 0 Å². The summed E-state index contributed by atoms with van der Waals surface area (Å²) in [5.74, 6) is -2.54. The molecule has 12 nitrogen and oxygen atoms in total. The van der Waals surface area contributed by atoms with Crippen LogP contribution in [0, 0.1) is 5.41 Å². The Labute approximate surface area is 262 Å². The highest BCUT2D eigenvalue weighted by Crippen LogP contribution is 2.33. The molecular formula is C33H41N3O9. The number of rotatable bonds is 14. The number of Topliss-reactive ketones (excluding diaryl/α,β-unsaturated/α-hetero) is 1. The summed E-state index contributed by atoms with van der Waals surface area (Å²) in [5.41, 5.74) is -0.781. The molecule has 0 bridgehead atoms. The predicted octanol–water partition coefficient (Wildman–Crippen LogP) is 4.60. The number of para-hydroxylation sites is 1. The minimum absolute atomic E-state index is 0.0574. The number of carbonyl (C=O) groups is 5. The summed E-state index contributed by atoms with van der Waals surface area (Å²) in [6.07, 6.45) is -2.04. The molecule has 1 atom stereocenters. The third kappa shape index (κ3) is 10.1. The maximum absolute atomic E-state index is 13.8. The van der Waals surface area contributed by atoms with Gasteiger partial charge >= 0.3 is 24.1 Å². The first-order chi connectivity index (χ1) is 21.4. The molecule has 3 N–H and O–H groups in total. The Morgan fingerprint density at radius 3 is 2.13 bits per heavy atom. The number of fused-ring (bicyclic) bond motifs is 1. The molecule has 0 radical (unpaired) electrons. The second kappa shape index (κ2) is 15.7. The zero-order valence-corrected chi connectivity index (χ0v) is 26.3. The zero-order chi connectivity index (χ0) is 33.0. The molecule has 0 aliphatic heterocycles. The molecule has 2 amide bonds. The van der Waals surface area contributed by atoms with Crippen molar-refractivity contribution in [3.05, 3.63) is 71.9 Å². The maximum atomic E-state index is 13.8. The number of methoxy groups -OCH3 is 2. The number of ketones is 1. The lowest BCUT2D eigenvalue weighted by Gasteiger charge is -2.29. The Hall–Kier alpha value is -4.87. The molecule has 1 unspecified atom stereocenters. The first-order valence-corrected chi connectivity index (χ1v) is 14.6. The number of ether oxygens (including phenoxy) is 4. The van der Waals surface area contributed by atoms with Crippen molar-refractivity contribution < 1.29 is 42.9 Å². The number of hydrogen-bond acceptors (Lipinski definition) is 9. The average molecular weight is 624 g/mol. The van der Waals surface area contributed by atoms with Crippen LogP contribution in [0.5, 0.6) is 0 Å². The lowest BCUT2D eigenvalue weighted by atomic mass is 9.77. The third-order valence-corrected chi connectivity index (χ3v) is 6.94. The number of carbonyl (C=O) groups excluding carboxylic acids is 5. The molecule has 1 aromatic heterocycles. The smallest absolute Gasteiger partial charge is 0.408 e. The van der Waals surface area contributed by atoms with Crippen LogP contribution in [0.15, 0.2) is 60.7 Å². The van der Waals surface area contributed by atoms with E-state index in [-0.39, 0.29) is 32.4 Å². The number of nitrogens with one attached hydrogen (secondary N) is 3. The van der Waals surface area contributed by atoms with E-state index in [0.29, 0.717) is 5.69 Å². The Morgan fingerprint density at radius 2 is 1.51 bits per heavy atom. The summed E-state index contributed by atoms with van der Waals surface area (Å²) in [7, 11) is 2.24. The quantitative estimate of drug-likeness (QED) is 0.101. The molecule has 0 saturated heterocycles. The SMILES string of the molecule is COC(=O)C(CC(=O)C(CCCNC(=O)OCc1ccccc1)NC(=O)OC(C)(C)C)(Cc1cc2ccccc2[nH]1)C(=O)OC. The fourth-order valence-electron chi connectivity index (χ4n) is 4.83. The number of amides is 2. The van der Waals surface area contributed by atoms with Crippen LogP contribution in [0.4, 0.5) is 9.59 Å². The van der Waals surface area contributed by atoms with Crippen molar-refractivity contribution in [1.29, 1.82) is 0 Å². The topological polar surface area (TPSA) is 162 Å². The molecule has 0 aliphatic rings. The van der Waals surface area contributed by atoms with E-state index in [9.17, 15) is 24.0 Å². The van der Waals surface area contributed by atoms with Crippen LogP contribution in [0.3, 0.4) is 0 Å². The van der Waals surface area contributed by atoms with Gasteiger partial charge in [0.05, 0.1) is 20.3 Å². The highest BCUT2D eigenvalue weighted by Gasteiger charge is 2.51. The second-order valence-electron chi connectivity index (χ2n) is 11.6. The van der Waals surface area contributed by atoms with Crippen LogP contribution >= 0.6 is 0 Å². The van der Waals surface area contributed by atoms with Crippen LogP contribution in [0.2, 0.25) is 0 Å². The number of benzene rings is 2. The molecule has 0 saturated carbocycles. The molecular weight excluding hydrogens is 582 g/mol. The molecule has 3 aromatic rings. The van der Waals surface area contributed by atoms with Gasteiger partial charge in [-0.2, -0.15) is 0 Å². The Kier molecular flexibility index (Phi) is 12.1. The standard InChI is InChI=1S/C33H41N3O9/c1-32(2,3)45-31(41)36-26(16-11-17-34-30(40)44-21-22-12-7-6-8-13-22)27(37)20-33(28(38)42-4,29(39)43-5)19-24-18-23-14-9-10-15-25(23)35-24/h6-10,12-15,18,26,35H,11,16-17,19-21H2,1-5H3,(H,34,40)(H,36,41). The number of aromatic nitrogens is 1. The Balaban J connectivity index is 1.77. The molecule has 242 valence electrons. The van der Waals surface area contributed by atoms with Crippen molar-refractivity contribution in [2.45, 2.75) is 64.7 Å². The molecule has 0 aliphatic carbocycles. The van der Waals surface area contributed by atoms with E-state index in [4.69, 9.17) is 18.9 Å². The van der Waals surface area contributed by atoms with E-state index < -0.39 is 53.4 Å². The fraction of sp³-hybridized carbons (Fsp3) is 0.424. The van der Waals surface area contributed by atoms with Crippen molar-refractivity contribution in [3.8, 4) is 0 Å². The van der Waals surface area contributed by atoms with E-state index >= 15 is 0 Å². The lowest BCUT2D eigenvalue weighted by Crippen LogP contribution is -2.50. The Bertz CT molecular complexity index is 1430. The monoisotopic (exact) mass is 623 g/mol. The maximum Gasteiger partial charge on any atom is 0.408 e. The van der Waals surface area contributed by atoms with Gasteiger partial charge < -0.3 is 34.6 Å². The minimum Gasteiger partial charge on any atom is -0.468 e. The first-order valence-electron chi connectivity index (χ1n) is 14.6. The first kappa shape index (κ1) is 34.6. The van der Waals surface area contributed by atoms with Gasteiger partial charge in [0.1, 0.15) is 12.2 Å². The summed E-state index contributed by atoms with van der Waals surface area (Å²) in [5, 5.41) is 6.03. The fourth-order valence-corrected chi connectivity index (χ4v) is 4.83. The van der Waals surface area contributed by atoms with E-state index in [1.54, 1.807) is 26.8 Å². The van der Waals surface area contributed by atoms with Crippen LogP contribution in [-0.2, 0) is 46.4 Å². The summed E-state index contributed by atoms with van der Waals surface area (Å²) in [4.78, 5) is 68.4. The minimum atomic E-state index is -2.05. The zero-order valence-electron chi connectivity index (χ0n) is 26.3. The molecule has 45 heavy (non-hydrogen) atoms. The lowest BCUT2D eigenvalue weighted by molar-refractivity contribution is -0.171. The second-order valence-corrected chi connectivity index (χ2v) is 11.6. The van der Waals surface area contributed by atoms with Crippen molar-refractivity contribution in [2.75, 3.05) is 20.8 Å². The summed E-state index contributed by atoms with van der Waals surface area (Å²) >= 11 is 0. The third-order valence-electron chi connectivity index (χ3n) is 6.94. The summed E-state index contributed by atoms with van der Waals surface area (Å²) in [6, 6.07) is 17.2. The van der Waals surface area contributed by atoms with Gasteiger partial charge in [0.2, 0.25) is 0 Å².